The van der Waals surface area contributed by atoms with Crippen LogP contribution in [0.15, 0.2) is 59.1 Å². The Morgan fingerprint density at radius 2 is 1.55 bits per heavy atom. The molecule has 4 N–H and O–H groups in total. The van der Waals surface area contributed by atoms with Crippen LogP contribution in [0.5, 0.6) is 0 Å². The molecule has 2 aromatic heterocycles. The molecule has 0 spiro atoms. The Morgan fingerprint density at radius 1 is 0.921 bits per heavy atom. The second-order valence-electron chi connectivity index (χ2n) is 9.17. The molecule has 0 aliphatic carbocycles. The van der Waals surface area contributed by atoms with E-state index in [-0.39, 0.29) is 34.9 Å². The molecular formula is C28H30Br2Cl2N2O4. The number of hydrogen-bond donors (Lipinski definition) is 4. The van der Waals surface area contributed by atoms with E-state index in [1.807, 2.05) is 54.6 Å². The SMILES string of the molecule is CCCC(Br)C(Cl)C(CC(=O)O)c1cc2ccccc2[nH]1.O=C(O)CC(CCl)c1cc2cc(Br)ccc2[nH]1. The summed E-state index contributed by atoms with van der Waals surface area (Å²) in [6.07, 6.45) is 1.99. The highest BCUT2D eigenvalue weighted by molar-refractivity contribution is 9.10. The lowest BCUT2D eigenvalue weighted by Gasteiger charge is -2.24. The zero-order valence-electron chi connectivity index (χ0n) is 20.8. The topological polar surface area (TPSA) is 106 Å². The number of aromatic nitrogens is 2. The normalized spacial score (nSPS) is 14.4. The van der Waals surface area contributed by atoms with Crippen molar-refractivity contribution in [2.45, 2.75) is 54.6 Å². The molecule has 6 nitrogen and oxygen atoms in total. The van der Waals surface area contributed by atoms with Crippen molar-refractivity contribution in [3.8, 4) is 0 Å². The van der Waals surface area contributed by atoms with Gasteiger partial charge in [0.05, 0.1) is 18.2 Å². The van der Waals surface area contributed by atoms with E-state index in [4.69, 9.17) is 28.3 Å². The maximum absolute atomic E-state index is 11.2. The van der Waals surface area contributed by atoms with Crippen LogP contribution >= 0.6 is 55.1 Å². The van der Waals surface area contributed by atoms with E-state index >= 15 is 0 Å². The van der Waals surface area contributed by atoms with E-state index in [1.165, 1.54) is 0 Å². The van der Waals surface area contributed by atoms with Crippen LogP contribution in [-0.2, 0) is 9.59 Å². The fraction of sp³-hybridized carbons (Fsp3) is 0.357. The highest BCUT2D eigenvalue weighted by Crippen LogP contribution is 2.35. The third kappa shape index (κ3) is 8.25. The third-order valence-electron chi connectivity index (χ3n) is 6.29. The van der Waals surface area contributed by atoms with E-state index in [0.29, 0.717) is 5.88 Å². The summed E-state index contributed by atoms with van der Waals surface area (Å²) in [6, 6.07) is 17.8. The number of carboxylic acid groups (broad SMARTS) is 2. The van der Waals surface area contributed by atoms with Gasteiger partial charge in [-0.2, -0.15) is 0 Å². The number of H-pyrrole nitrogens is 2. The molecule has 38 heavy (non-hydrogen) atoms. The predicted molar refractivity (Wildman–Crippen MR) is 162 cm³/mol. The Labute approximate surface area is 248 Å². The van der Waals surface area contributed by atoms with Crippen molar-refractivity contribution in [3.05, 3.63) is 70.5 Å². The van der Waals surface area contributed by atoms with Gasteiger partial charge in [-0.05, 0) is 48.2 Å². The van der Waals surface area contributed by atoms with Crippen LogP contribution < -0.4 is 0 Å². The van der Waals surface area contributed by atoms with Gasteiger partial charge in [0.1, 0.15) is 0 Å². The molecule has 0 radical (unpaired) electrons. The molecule has 0 aliphatic rings. The number of hydrogen-bond acceptors (Lipinski definition) is 2. The van der Waals surface area contributed by atoms with Crippen molar-refractivity contribution >= 4 is 88.8 Å². The standard InChI is InChI=1S/C16H19BrClNO2.C12H11BrClNO2/c1-2-5-12(17)16(18)11(9-15(20)21)14-8-10-6-3-4-7-13(10)19-14;13-9-1-2-10-7(3-9)4-11(15-10)8(6-14)5-12(16)17/h3-4,6-8,11-12,16,19H,2,5,9H2,1H3,(H,20,21);1-4,8,15H,5-6H2,(H,16,17). The molecule has 0 aliphatic heterocycles. The van der Waals surface area contributed by atoms with Crippen LogP contribution in [0.4, 0.5) is 0 Å². The molecule has 0 saturated heterocycles. The van der Waals surface area contributed by atoms with Gasteiger partial charge in [0, 0.05) is 54.8 Å². The maximum Gasteiger partial charge on any atom is 0.304 e. The molecule has 10 heteroatoms. The molecule has 204 valence electrons. The number of alkyl halides is 3. The molecule has 0 amide bonds. The van der Waals surface area contributed by atoms with Crippen molar-refractivity contribution in [2.75, 3.05) is 5.88 Å². The zero-order valence-corrected chi connectivity index (χ0v) is 25.4. The molecule has 4 atom stereocenters. The highest BCUT2D eigenvalue weighted by Gasteiger charge is 2.30. The number of nitrogens with one attached hydrogen (secondary N) is 2. The summed E-state index contributed by atoms with van der Waals surface area (Å²) in [5.74, 6) is -1.80. The monoisotopic (exact) mass is 686 g/mol. The van der Waals surface area contributed by atoms with E-state index in [9.17, 15) is 14.7 Å². The lowest BCUT2D eigenvalue weighted by Crippen LogP contribution is -2.25. The number of carboxylic acids is 2. The van der Waals surface area contributed by atoms with Crippen LogP contribution in [0.1, 0.15) is 55.8 Å². The molecule has 0 saturated carbocycles. The molecule has 0 bridgehead atoms. The zero-order chi connectivity index (χ0) is 27.8. The Hall–Kier alpha value is -2.00. The van der Waals surface area contributed by atoms with Crippen LogP contribution in [0.2, 0.25) is 0 Å². The molecule has 2 aromatic carbocycles. The lowest BCUT2D eigenvalue weighted by atomic mass is 9.94. The van der Waals surface area contributed by atoms with Crippen LogP contribution in [0.3, 0.4) is 0 Å². The van der Waals surface area contributed by atoms with Crippen LogP contribution in [0, 0.1) is 0 Å². The van der Waals surface area contributed by atoms with E-state index in [0.717, 1.165) is 50.5 Å². The van der Waals surface area contributed by atoms with Gasteiger partial charge in [-0.3, -0.25) is 9.59 Å². The number of rotatable bonds is 11. The fourth-order valence-corrected chi connectivity index (χ4v) is 6.20. The summed E-state index contributed by atoms with van der Waals surface area (Å²) in [6.45, 7) is 2.09. The first kappa shape index (κ1) is 30.5. The number of benzene rings is 2. The average molecular weight is 689 g/mol. The number of aromatic amines is 2. The van der Waals surface area contributed by atoms with Crippen molar-refractivity contribution in [3.63, 3.8) is 0 Å². The molecule has 4 unspecified atom stereocenters. The van der Waals surface area contributed by atoms with Gasteiger partial charge in [0.25, 0.3) is 0 Å². The fourth-order valence-electron chi connectivity index (χ4n) is 4.37. The Morgan fingerprint density at radius 3 is 2.18 bits per heavy atom. The first-order chi connectivity index (χ1) is 18.1. The number of aliphatic carboxylic acids is 2. The summed E-state index contributed by atoms with van der Waals surface area (Å²) in [7, 11) is 0. The number of carbonyl (C=O) groups is 2. The quantitative estimate of drug-likeness (QED) is 0.118. The summed E-state index contributed by atoms with van der Waals surface area (Å²) in [5, 5.41) is 19.9. The van der Waals surface area contributed by atoms with Crippen LogP contribution in [0.25, 0.3) is 21.8 Å². The van der Waals surface area contributed by atoms with Crippen molar-refractivity contribution in [2.24, 2.45) is 0 Å². The minimum absolute atomic E-state index is 0.0206. The summed E-state index contributed by atoms with van der Waals surface area (Å²) >= 11 is 19.4. The Balaban J connectivity index is 0.000000215. The second-order valence-corrected chi connectivity index (χ2v) is 12.1. The number of halogens is 4. The summed E-state index contributed by atoms with van der Waals surface area (Å²) in [4.78, 5) is 28.5. The Kier molecular flexibility index (Phi) is 11.6. The molecule has 4 aromatic rings. The van der Waals surface area contributed by atoms with E-state index < -0.39 is 11.9 Å². The van der Waals surface area contributed by atoms with Gasteiger partial charge in [0.2, 0.25) is 0 Å². The molecule has 0 fully saturated rings. The summed E-state index contributed by atoms with van der Waals surface area (Å²) in [5.41, 5.74) is 3.76. The lowest BCUT2D eigenvalue weighted by molar-refractivity contribution is -0.138. The Bertz CT molecular complexity index is 1340. The maximum atomic E-state index is 11.2. The second kappa shape index (κ2) is 14.4. The smallest absolute Gasteiger partial charge is 0.304 e. The van der Waals surface area contributed by atoms with Gasteiger partial charge in [-0.1, -0.05) is 63.4 Å². The van der Waals surface area contributed by atoms with Crippen molar-refractivity contribution < 1.29 is 19.8 Å². The largest absolute Gasteiger partial charge is 0.481 e. The van der Waals surface area contributed by atoms with Crippen LogP contribution in [-0.4, -0.2) is 48.2 Å². The van der Waals surface area contributed by atoms with Gasteiger partial charge in [-0.15, -0.1) is 23.2 Å². The third-order valence-corrected chi connectivity index (χ3v) is 9.10. The van der Waals surface area contributed by atoms with E-state index in [1.54, 1.807) is 0 Å². The van der Waals surface area contributed by atoms with Gasteiger partial charge < -0.3 is 20.2 Å². The molecule has 2 heterocycles. The number of para-hydroxylation sites is 1. The average Bonchev–Trinajstić information content (AvgIpc) is 3.49. The summed E-state index contributed by atoms with van der Waals surface area (Å²) < 4.78 is 0.996. The first-order valence-corrected chi connectivity index (χ1v) is 14.9. The van der Waals surface area contributed by atoms with Gasteiger partial charge in [-0.25, -0.2) is 0 Å². The number of fused-ring (bicyclic) bond motifs is 2. The van der Waals surface area contributed by atoms with Crippen molar-refractivity contribution in [1.29, 1.82) is 0 Å². The molecular weight excluding hydrogens is 659 g/mol. The minimum atomic E-state index is -0.838. The van der Waals surface area contributed by atoms with Gasteiger partial charge in [0.15, 0.2) is 0 Å². The first-order valence-electron chi connectivity index (χ1n) is 12.3. The van der Waals surface area contributed by atoms with E-state index in [2.05, 4.69) is 48.8 Å². The van der Waals surface area contributed by atoms with Crippen molar-refractivity contribution in [1.82, 2.24) is 9.97 Å². The molecule has 4 rings (SSSR count). The minimum Gasteiger partial charge on any atom is -0.481 e. The predicted octanol–water partition coefficient (Wildman–Crippen LogP) is 8.62. The highest BCUT2D eigenvalue weighted by atomic mass is 79.9. The van der Waals surface area contributed by atoms with Gasteiger partial charge >= 0.3 is 11.9 Å².